The molecular weight excluding hydrogens is 270 g/mol. The zero-order chi connectivity index (χ0) is 15.9. The second-order valence-electron chi connectivity index (χ2n) is 5.77. The molecule has 1 aromatic heterocycles. The summed E-state index contributed by atoms with van der Waals surface area (Å²) in [5.41, 5.74) is 1.45. The van der Waals surface area contributed by atoms with Crippen molar-refractivity contribution in [2.75, 3.05) is 6.54 Å². The van der Waals surface area contributed by atoms with Gasteiger partial charge in [0, 0.05) is 24.0 Å². The fourth-order valence-electron chi connectivity index (χ4n) is 2.50. The van der Waals surface area contributed by atoms with Gasteiger partial charge >= 0.3 is 6.03 Å². The van der Waals surface area contributed by atoms with Gasteiger partial charge in [-0.2, -0.15) is 0 Å². The van der Waals surface area contributed by atoms with Gasteiger partial charge in [0.15, 0.2) is 5.78 Å². The Labute approximate surface area is 124 Å². The van der Waals surface area contributed by atoms with E-state index in [9.17, 15) is 14.4 Å². The number of aromatic nitrogens is 1. The van der Waals surface area contributed by atoms with Crippen LogP contribution in [0.25, 0.3) is 0 Å². The maximum absolute atomic E-state index is 12.4. The number of carbonyl (C=O) groups excluding carboxylic acids is 3. The number of Topliss-reactive ketones (excluding diaryl/α,β-unsaturated/α-hetero) is 1. The van der Waals surface area contributed by atoms with Crippen molar-refractivity contribution < 1.29 is 14.4 Å². The van der Waals surface area contributed by atoms with Crippen molar-refractivity contribution >= 4 is 17.7 Å². The fraction of sp³-hybridized carbons (Fsp3) is 0.533. The highest BCUT2D eigenvalue weighted by molar-refractivity contribution is 6.11. The average molecular weight is 291 g/mol. The lowest BCUT2D eigenvalue weighted by Gasteiger charge is -2.18. The third-order valence-electron chi connectivity index (χ3n) is 4.43. The van der Waals surface area contributed by atoms with Crippen LogP contribution < -0.4 is 5.32 Å². The summed E-state index contributed by atoms with van der Waals surface area (Å²) in [7, 11) is 1.88. The van der Waals surface area contributed by atoms with E-state index >= 15 is 0 Å². The minimum Gasteiger partial charge on any atom is -0.351 e. The monoisotopic (exact) mass is 291 g/mol. The molecule has 1 aromatic rings. The maximum Gasteiger partial charge on any atom is 0.325 e. The Morgan fingerprint density at radius 1 is 1.33 bits per heavy atom. The molecule has 3 amide bonds. The highest BCUT2D eigenvalue weighted by Crippen LogP contribution is 2.22. The van der Waals surface area contributed by atoms with Crippen LogP contribution >= 0.6 is 0 Å². The van der Waals surface area contributed by atoms with Gasteiger partial charge in [0.05, 0.1) is 6.54 Å². The van der Waals surface area contributed by atoms with Gasteiger partial charge in [-0.15, -0.1) is 0 Å². The molecule has 0 radical (unpaired) electrons. The first-order chi connectivity index (χ1) is 9.71. The van der Waals surface area contributed by atoms with E-state index in [1.54, 1.807) is 13.0 Å². The van der Waals surface area contributed by atoms with E-state index in [4.69, 9.17) is 0 Å². The second kappa shape index (κ2) is 5.02. The standard InChI is InChI=1S/C15H21N3O3/c1-6-15(4)13(20)18(14(21)16-15)8-12(19)11-7-9(2)17(5)10(11)3/h7H,6,8H2,1-5H3,(H,16,21). The van der Waals surface area contributed by atoms with E-state index in [0.717, 1.165) is 16.3 Å². The molecule has 2 heterocycles. The number of nitrogens with zero attached hydrogens (tertiary/aromatic N) is 2. The van der Waals surface area contributed by atoms with Crippen LogP contribution in [-0.2, 0) is 11.8 Å². The summed E-state index contributed by atoms with van der Waals surface area (Å²) in [6.45, 7) is 7.04. The minimum atomic E-state index is -0.904. The second-order valence-corrected chi connectivity index (χ2v) is 5.77. The van der Waals surface area contributed by atoms with Gasteiger partial charge in [0.1, 0.15) is 5.54 Å². The van der Waals surface area contributed by atoms with Gasteiger partial charge < -0.3 is 9.88 Å². The van der Waals surface area contributed by atoms with Crippen molar-refractivity contribution in [3.05, 3.63) is 23.0 Å². The molecule has 1 aliphatic rings. The maximum atomic E-state index is 12.4. The predicted molar refractivity (Wildman–Crippen MR) is 78.2 cm³/mol. The quantitative estimate of drug-likeness (QED) is 0.675. The van der Waals surface area contributed by atoms with Crippen LogP contribution in [0.2, 0.25) is 0 Å². The van der Waals surface area contributed by atoms with E-state index in [-0.39, 0.29) is 18.2 Å². The molecule has 6 heteroatoms. The highest BCUT2D eigenvalue weighted by atomic mass is 16.2. The van der Waals surface area contributed by atoms with Crippen molar-refractivity contribution in [2.24, 2.45) is 7.05 Å². The summed E-state index contributed by atoms with van der Waals surface area (Å²) in [6.07, 6.45) is 0.492. The smallest absolute Gasteiger partial charge is 0.325 e. The molecule has 1 fully saturated rings. The molecule has 0 bridgehead atoms. The van der Waals surface area contributed by atoms with Crippen molar-refractivity contribution in [1.82, 2.24) is 14.8 Å². The molecular formula is C15H21N3O3. The molecule has 1 aliphatic heterocycles. The number of urea groups is 1. The van der Waals surface area contributed by atoms with Gasteiger partial charge in [0.2, 0.25) is 0 Å². The summed E-state index contributed by atoms with van der Waals surface area (Å²) in [4.78, 5) is 37.6. The van der Waals surface area contributed by atoms with Crippen molar-refractivity contribution in [3.8, 4) is 0 Å². The normalized spacial score (nSPS) is 21.9. The van der Waals surface area contributed by atoms with Crippen LogP contribution in [0, 0.1) is 13.8 Å². The molecule has 114 valence electrons. The van der Waals surface area contributed by atoms with Crippen molar-refractivity contribution in [2.45, 2.75) is 39.7 Å². The Bertz CT molecular complexity index is 632. The van der Waals surface area contributed by atoms with Gasteiger partial charge in [-0.3, -0.25) is 14.5 Å². The van der Waals surface area contributed by atoms with Gasteiger partial charge in [-0.1, -0.05) is 6.92 Å². The average Bonchev–Trinajstić information content (AvgIpc) is 2.82. The fourth-order valence-corrected chi connectivity index (χ4v) is 2.50. The largest absolute Gasteiger partial charge is 0.351 e. The molecule has 0 saturated carbocycles. The third-order valence-corrected chi connectivity index (χ3v) is 4.43. The molecule has 0 aromatic carbocycles. The number of amides is 3. The summed E-state index contributed by atoms with van der Waals surface area (Å²) in [5.74, 6) is -0.561. The summed E-state index contributed by atoms with van der Waals surface area (Å²) in [6, 6.07) is 1.29. The van der Waals surface area contributed by atoms with Gasteiger partial charge in [-0.25, -0.2) is 4.79 Å². The lowest BCUT2D eigenvalue weighted by Crippen LogP contribution is -2.43. The van der Waals surface area contributed by atoms with E-state index in [2.05, 4.69) is 5.32 Å². The Morgan fingerprint density at radius 2 is 1.95 bits per heavy atom. The number of carbonyl (C=O) groups is 3. The van der Waals surface area contributed by atoms with Gasteiger partial charge in [0.25, 0.3) is 5.91 Å². The first-order valence-corrected chi connectivity index (χ1v) is 7.01. The first-order valence-electron chi connectivity index (χ1n) is 7.01. The van der Waals surface area contributed by atoms with E-state index in [1.165, 1.54) is 0 Å². The number of nitrogens with one attached hydrogen (secondary N) is 1. The Hall–Kier alpha value is -2.11. The Kier molecular flexibility index (Phi) is 3.65. The number of rotatable bonds is 4. The zero-order valence-electron chi connectivity index (χ0n) is 13.1. The number of aryl methyl sites for hydroxylation is 1. The molecule has 1 atom stereocenters. The Morgan fingerprint density at radius 3 is 2.38 bits per heavy atom. The molecule has 0 spiro atoms. The highest BCUT2D eigenvalue weighted by Gasteiger charge is 2.47. The van der Waals surface area contributed by atoms with Crippen LogP contribution in [-0.4, -0.2) is 39.3 Å². The lowest BCUT2D eigenvalue weighted by molar-refractivity contribution is -0.130. The van der Waals surface area contributed by atoms with Crippen LogP contribution in [0.4, 0.5) is 4.79 Å². The molecule has 0 aliphatic carbocycles. The minimum absolute atomic E-state index is 0.218. The molecule has 21 heavy (non-hydrogen) atoms. The molecule has 6 nitrogen and oxygen atoms in total. The van der Waals surface area contributed by atoms with E-state index in [0.29, 0.717) is 12.0 Å². The molecule has 1 unspecified atom stereocenters. The number of ketones is 1. The van der Waals surface area contributed by atoms with Crippen LogP contribution in [0.5, 0.6) is 0 Å². The lowest BCUT2D eigenvalue weighted by atomic mass is 9.99. The number of imide groups is 1. The van der Waals surface area contributed by atoms with E-state index < -0.39 is 11.6 Å². The predicted octanol–water partition coefficient (Wildman–Crippen LogP) is 1.55. The number of hydrogen-bond donors (Lipinski definition) is 1. The van der Waals surface area contributed by atoms with Crippen molar-refractivity contribution in [3.63, 3.8) is 0 Å². The van der Waals surface area contributed by atoms with Gasteiger partial charge in [-0.05, 0) is 33.3 Å². The summed E-state index contributed by atoms with van der Waals surface area (Å²) >= 11 is 0. The first kappa shape index (κ1) is 15.3. The van der Waals surface area contributed by atoms with E-state index in [1.807, 2.05) is 32.4 Å². The van der Waals surface area contributed by atoms with Crippen LogP contribution in [0.1, 0.15) is 42.0 Å². The molecule has 1 saturated heterocycles. The molecule has 2 rings (SSSR count). The Balaban J connectivity index is 2.22. The third kappa shape index (κ3) is 2.34. The molecule has 1 N–H and O–H groups in total. The summed E-state index contributed by atoms with van der Waals surface area (Å²) < 4.78 is 1.91. The summed E-state index contributed by atoms with van der Waals surface area (Å²) in [5, 5.41) is 2.65. The zero-order valence-corrected chi connectivity index (χ0v) is 13.1. The van der Waals surface area contributed by atoms with Crippen molar-refractivity contribution in [1.29, 1.82) is 0 Å². The van der Waals surface area contributed by atoms with Crippen LogP contribution in [0.3, 0.4) is 0 Å². The topological polar surface area (TPSA) is 71.4 Å². The van der Waals surface area contributed by atoms with Crippen LogP contribution in [0.15, 0.2) is 6.07 Å². The number of hydrogen-bond acceptors (Lipinski definition) is 3. The SMILES string of the molecule is CCC1(C)NC(=O)N(CC(=O)c2cc(C)n(C)c2C)C1=O.